The highest BCUT2D eigenvalue weighted by atomic mass is 32.2. The predicted molar refractivity (Wildman–Crippen MR) is 160 cm³/mol. The first-order valence-electron chi connectivity index (χ1n) is 15.2. The number of hydrogen-bond acceptors (Lipinski definition) is 13. The molecule has 1 spiro atoms. The molecule has 2 fully saturated rings. The summed E-state index contributed by atoms with van der Waals surface area (Å²) in [6.45, 7) is 5.54. The lowest BCUT2D eigenvalue weighted by Gasteiger charge is -2.57. The molecule has 1 aromatic rings. The SMILES string of the molecule is COc1ccc2c3c1OC1C(S[C@@H]4O[C@H](COC(C)=O)[C@@H](OC(C)=O)[C@H](OC(C)=O)[C@H]4OC(C)=O)C=CC4C(C2)N(C)CCC341. The largest absolute Gasteiger partial charge is 0.493 e. The standard InChI is InChI=1S/C32H39NO11S/c1-15(34)39-14-23-27(40-16(2)35)28(41-17(3)36)29(42-18(4)37)31(43-23)45-24-10-8-20-21-13-19-7-9-22(38-6)26-25(19)32(20,30(24)44-26)11-12-33(21)5/h7-10,20-21,23-24,27-31H,11-14H2,1-6H3/t20?,21?,23-,24?,27-,28+,29-,30?,31+,32?/m1/s1. The van der Waals surface area contributed by atoms with Gasteiger partial charge in [0.15, 0.2) is 29.8 Å². The van der Waals surface area contributed by atoms with Crippen LogP contribution in [-0.2, 0) is 54.7 Å². The van der Waals surface area contributed by atoms with Crippen LogP contribution in [0.15, 0.2) is 24.3 Å². The van der Waals surface area contributed by atoms with Gasteiger partial charge in [-0.05, 0) is 38.1 Å². The minimum absolute atomic E-state index is 0.217. The fourth-order valence-corrected chi connectivity index (χ4v) is 9.44. The maximum Gasteiger partial charge on any atom is 0.303 e. The second-order valence-electron chi connectivity index (χ2n) is 12.3. The number of methoxy groups -OCH3 is 1. The molecule has 5 unspecified atom stereocenters. The zero-order chi connectivity index (χ0) is 32.2. The molecule has 12 nitrogen and oxygen atoms in total. The third-order valence-electron chi connectivity index (χ3n) is 9.57. The number of likely N-dealkylation sites (N-methyl/N-ethyl adjacent to an activating group) is 1. The van der Waals surface area contributed by atoms with E-state index in [1.165, 1.54) is 50.6 Å². The van der Waals surface area contributed by atoms with E-state index in [4.69, 9.17) is 33.2 Å². The highest BCUT2D eigenvalue weighted by Crippen LogP contribution is 2.63. The van der Waals surface area contributed by atoms with Gasteiger partial charge in [-0.25, -0.2) is 0 Å². The number of thioether (sulfide) groups is 1. The molecule has 45 heavy (non-hydrogen) atoms. The van der Waals surface area contributed by atoms with Gasteiger partial charge in [0, 0.05) is 50.6 Å². The maximum absolute atomic E-state index is 12.4. The van der Waals surface area contributed by atoms with Crippen LogP contribution < -0.4 is 9.47 Å². The molecule has 0 aromatic heterocycles. The molecule has 2 aliphatic carbocycles. The Kier molecular flexibility index (Phi) is 8.55. The third kappa shape index (κ3) is 5.46. The van der Waals surface area contributed by atoms with Crippen molar-refractivity contribution >= 4 is 35.6 Å². The number of rotatable bonds is 8. The van der Waals surface area contributed by atoms with E-state index in [1.54, 1.807) is 7.11 Å². The number of piperidine rings is 1. The predicted octanol–water partition coefficient (Wildman–Crippen LogP) is 2.33. The summed E-state index contributed by atoms with van der Waals surface area (Å²) in [5, 5.41) is -0.283. The Morgan fingerprint density at radius 2 is 1.64 bits per heavy atom. The Labute approximate surface area is 266 Å². The zero-order valence-electron chi connectivity index (χ0n) is 26.2. The van der Waals surface area contributed by atoms with E-state index in [0.717, 1.165) is 25.1 Å². The smallest absolute Gasteiger partial charge is 0.303 e. The molecule has 5 aliphatic rings. The molecule has 0 N–H and O–H groups in total. The van der Waals surface area contributed by atoms with Crippen molar-refractivity contribution in [1.82, 2.24) is 4.90 Å². The van der Waals surface area contributed by atoms with Gasteiger partial charge in [0.2, 0.25) is 0 Å². The lowest BCUT2D eigenvalue weighted by Crippen LogP contribution is -2.65. The number of carbonyl (C=O) groups is 4. The second-order valence-corrected chi connectivity index (χ2v) is 13.6. The van der Waals surface area contributed by atoms with Crippen LogP contribution in [0.2, 0.25) is 0 Å². The number of likely N-dealkylation sites (tertiary alicyclic amines) is 1. The molecule has 1 aromatic carbocycles. The number of nitrogens with zero attached hydrogens (tertiary/aromatic N) is 1. The van der Waals surface area contributed by atoms with E-state index in [2.05, 4.69) is 30.2 Å². The Hall–Kier alpha value is -3.29. The lowest BCUT2D eigenvalue weighted by molar-refractivity contribution is -0.237. The molecule has 6 rings (SSSR count). The van der Waals surface area contributed by atoms with Gasteiger partial charge in [0.25, 0.3) is 0 Å². The fraction of sp³-hybridized carbons (Fsp3) is 0.625. The molecule has 244 valence electrons. The normalized spacial score (nSPS) is 35.8. The van der Waals surface area contributed by atoms with Crippen LogP contribution >= 0.6 is 11.8 Å². The third-order valence-corrected chi connectivity index (χ3v) is 10.9. The summed E-state index contributed by atoms with van der Waals surface area (Å²) in [4.78, 5) is 51.1. The summed E-state index contributed by atoms with van der Waals surface area (Å²) in [5.41, 5.74) is 1.25. The van der Waals surface area contributed by atoms with E-state index < -0.39 is 53.7 Å². The molecule has 0 amide bonds. The van der Waals surface area contributed by atoms with Crippen molar-refractivity contribution in [3.05, 3.63) is 35.4 Å². The summed E-state index contributed by atoms with van der Waals surface area (Å²) in [7, 11) is 3.81. The summed E-state index contributed by atoms with van der Waals surface area (Å²) >= 11 is 1.38. The Bertz CT molecular complexity index is 1420. The van der Waals surface area contributed by atoms with Crippen LogP contribution in [0, 0.1) is 5.92 Å². The number of hydrogen-bond donors (Lipinski definition) is 0. The first kappa shape index (κ1) is 31.7. The van der Waals surface area contributed by atoms with E-state index in [1.807, 2.05) is 6.07 Å². The molecule has 0 radical (unpaired) electrons. The van der Waals surface area contributed by atoms with Crippen LogP contribution in [0.3, 0.4) is 0 Å². The minimum Gasteiger partial charge on any atom is -0.493 e. The first-order valence-corrected chi connectivity index (χ1v) is 16.1. The average molecular weight is 646 g/mol. The number of esters is 4. The minimum atomic E-state index is -1.23. The van der Waals surface area contributed by atoms with Crippen molar-refractivity contribution in [2.75, 3.05) is 27.3 Å². The van der Waals surface area contributed by atoms with Crippen LogP contribution in [0.25, 0.3) is 0 Å². The van der Waals surface area contributed by atoms with E-state index >= 15 is 0 Å². The molecule has 13 heteroatoms. The maximum atomic E-state index is 12.4. The Morgan fingerprint density at radius 1 is 0.956 bits per heavy atom. The summed E-state index contributed by atoms with van der Waals surface area (Å²) in [6.07, 6.45) is 1.30. The monoisotopic (exact) mass is 645 g/mol. The van der Waals surface area contributed by atoms with Crippen molar-refractivity contribution in [2.24, 2.45) is 5.92 Å². The topological polar surface area (TPSA) is 136 Å². The molecule has 2 saturated heterocycles. The van der Waals surface area contributed by atoms with Crippen molar-refractivity contribution in [2.45, 2.75) is 93.2 Å². The zero-order valence-corrected chi connectivity index (χ0v) is 27.0. The molecule has 0 saturated carbocycles. The van der Waals surface area contributed by atoms with Crippen molar-refractivity contribution in [3.63, 3.8) is 0 Å². The van der Waals surface area contributed by atoms with E-state index in [0.29, 0.717) is 11.8 Å². The second kappa shape index (κ2) is 12.1. The van der Waals surface area contributed by atoms with E-state index in [-0.39, 0.29) is 29.3 Å². The summed E-state index contributed by atoms with van der Waals surface area (Å²) < 4.78 is 41.3. The van der Waals surface area contributed by atoms with Gasteiger partial charge in [-0.3, -0.25) is 19.2 Å². The van der Waals surface area contributed by atoms with Crippen LogP contribution in [0.4, 0.5) is 0 Å². The highest BCUT2D eigenvalue weighted by molar-refractivity contribution is 8.00. The molecule has 2 bridgehead atoms. The van der Waals surface area contributed by atoms with Crippen LogP contribution in [0.5, 0.6) is 11.5 Å². The van der Waals surface area contributed by atoms with Gasteiger partial charge in [-0.1, -0.05) is 18.2 Å². The van der Waals surface area contributed by atoms with Gasteiger partial charge in [0.1, 0.15) is 24.3 Å². The van der Waals surface area contributed by atoms with Crippen LogP contribution in [-0.4, -0.2) is 103 Å². The highest BCUT2D eigenvalue weighted by Gasteiger charge is 2.65. The van der Waals surface area contributed by atoms with Crippen LogP contribution in [0.1, 0.15) is 45.2 Å². The first-order chi connectivity index (χ1) is 21.4. The summed E-state index contributed by atoms with van der Waals surface area (Å²) in [5.74, 6) is -0.861. The molecule has 10 atom stereocenters. The number of ether oxygens (including phenoxy) is 7. The summed E-state index contributed by atoms with van der Waals surface area (Å²) in [6, 6.07) is 4.42. The Morgan fingerprint density at radius 3 is 2.31 bits per heavy atom. The van der Waals surface area contributed by atoms with Gasteiger partial charge in [0.05, 0.1) is 12.4 Å². The molecular formula is C32H39NO11S. The fourth-order valence-electron chi connectivity index (χ4n) is 7.94. The number of benzene rings is 1. The van der Waals surface area contributed by atoms with Gasteiger partial charge < -0.3 is 38.1 Å². The number of carbonyl (C=O) groups excluding carboxylic acids is 4. The van der Waals surface area contributed by atoms with Gasteiger partial charge in [-0.15, -0.1) is 11.8 Å². The Balaban J connectivity index is 1.39. The lowest BCUT2D eigenvalue weighted by atomic mass is 9.53. The quantitative estimate of drug-likeness (QED) is 0.233. The van der Waals surface area contributed by atoms with Crippen molar-refractivity contribution in [1.29, 1.82) is 0 Å². The van der Waals surface area contributed by atoms with E-state index in [9.17, 15) is 19.2 Å². The molecule has 3 aliphatic heterocycles. The van der Waals surface area contributed by atoms with Crippen molar-refractivity contribution in [3.8, 4) is 11.5 Å². The molecular weight excluding hydrogens is 606 g/mol. The van der Waals surface area contributed by atoms with Gasteiger partial charge >= 0.3 is 23.9 Å². The van der Waals surface area contributed by atoms with Gasteiger partial charge in [-0.2, -0.15) is 0 Å². The van der Waals surface area contributed by atoms with Crippen molar-refractivity contribution < 1.29 is 52.3 Å². The molecule has 3 heterocycles. The average Bonchev–Trinajstić information content (AvgIpc) is 3.32.